The third-order valence-corrected chi connectivity index (χ3v) is 1.68. The first kappa shape index (κ1) is 10.7. The van der Waals surface area contributed by atoms with E-state index in [0.717, 1.165) is 5.56 Å². The maximum Gasteiger partial charge on any atom is 0.341 e. The van der Waals surface area contributed by atoms with Crippen molar-refractivity contribution in [3.05, 3.63) is 35.1 Å². The van der Waals surface area contributed by atoms with Crippen molar-refractivity contribution in [2.45, 2.75) is 26.9 Å². The Morgan fingerprint density at radius 1 is 1.43 bits per heavy atom. The van der Waals surface area contributed by atoms with Crippen LogP contribution in [0.1, 0.15) is 29.8 Å². The van der Waals surface area contributed by atoms with Gasteiger partial charge in [0.2, 0.25) is 0 Å². The zero-order valence-electron chi connectivity index (χ0n) is 8.50. The molecule has 0 saturated heterocycles. The summed E-state index contributed by atoms with van der Waals surface area (Å²) in [6, 6.07) is 4.37. The lowest BCUT2D eigenvalue weighted by molar-refractivity contribution is 0.0372. The smallest absolute Gasteiger partial charge is 0.341 e. The average molecular weight is 196 g/mol. The Morgan fingerprint density at radius 2 is 2.07 bits per heavy atom. The van der Waals surface area contributed by atoms with Gasteiger partial charge in [0, 0.05) is 0 Å². The van der Waals surface area contributed by atoms with Gasteiger partial charge in [-0.3, -0.25) is 0 Å². The van der Waals surface area contributed by atoms with E-state index < -0.39 is 11.8 Å². The van der Waals surface area contributed by atoms with Crippen molar-refractivity contribution >= 4 is 5.97 Å². The Balaban J connectivity index is 2.94. The van der Waals surface area contributed by atoms with E-state index in [1.807, 2.05) is 0 Å². The van der Waals surface area contributed by atoms with Crippen molar-refractivity contribution in [3.63, 3.8) is 0 Å². The second-order valence-corrected chi connectivity index (χ2v) is 3.44. The molecule has 0 aliphatic rings. The van der Waals surface area contributed by atoms with Crippen LogP contribution in [0.2, 0.25) is 0 Å². The molecule has 1 aromatic carbocycles. The van der Waals surface area contributed by atoms with E-state index in [-0.39, 0.29) is 11.7 Å². The van der Waals surface area contributed by atoms with Gasteiger partial charge in [-0.25, -0.2) is 9.18 Å². The van der Waals surface area contributed by atoms with Gasteiger partial charge in [-0.05, 0) is 32.9 Å². The summed E-state index contributed by atoms with van der Waals surface area (Å²) in [5.74, 6) is -1.15. The number of rotatable bonds is 2. The molecule has 0 atom stereocenters. The van der Waals surface area contributed by atoms with Crippen molar-refractivity contribution in [3.8, 4) is 0 Å². The molecule has 3 heteroatoms. The summed E-state index contributed by atoms with van der Waals surface area (Å²) >= 11 is 0. The summed E-state index contributed by atoms with van der Waals surface area (Å²) in [4.78, 5) is 11.4. The summed E-state index contributed by atoms with van der Waals surface area (Å²) < 4.78 is 18.1. The molecule has 0 aliphatic heterocycles. The SMILES string of the molecule is Cc1ccc(F)c(C(=O)OC(C)C)c1. The number of carbonyl (C=O) groups is 1. The highest BCUT2D eigenvalue weighted by molar-refractivity contribution is 5.90. The van der Waals surface area contributed by atoms with Crippen LogP contribution in [0.5, 0.6) is 0 Å². The maximum absolute atomic E-state index is 13.2. The summed E-state index contributed by atoms with van der Waals surface area (Å²) in [6.07, 6.45) is -0.234. The second-order valence-electron chi connectivity index (χ2n) is 3.44. The molecule has 0 amide bonds. The Labute approximate surface area is 82.7 Å². The number of hydrogen-bond acceptors (Lipinski definition) is 2. The van der Waals surface area contributed by atoms with Gasteiger partial charge in [0.05, 0.1) is 11.7 Å². The molecule has 1 rings (SSSR count). The molecular weight excluding hydrogens is 183 g/mol. The minimum Gasteiger partial charge on any atom is -0.459 e. The van der Waals surface area contributed by atoms with Crippen molar-refractivity contribution in [2.75, 3.05) is 0 Å². The van der Waals surface area contributed by atoms with E-state index in [2.05, 4.69) is 0 Å². The van der Waals surface area contributed by atoms with Crippen LogP contribution in [0.3, 0.4) is 0 Å². The summed E-state index contributed by atoms with van der Waals surface area (Å²) in [7, 11) is 0. The van der Waals surface area contributed by atoms with Crippen LogP contribution >= 0.6 is 0 Å². The normalized spacial score (nSPS) is 10.4. The largest absolute Gasteiger partial charge is 0.459 e. The molecule has 0 aromatic heterocycles. The molecule has 76 valence electrons. The van der Waals surface area contributed by atoms with Gasteiger partial charge in [0.1, 0.15) is 5.82 Å². The predicted molar refractivity (Wildman–Crippen MR) is 51.7 cm³/mol. The van der Waals surface area contributed by atoms with Crippen LogP contribution in [-0.2, 0) is 4.74 Å². The first-order valence-electron chi connectivity index (χ1n) is 4.48. The van der Waals surface area contributed by atoms with Crippen LogP contribution in [0, 0.1) is 12.7 Å². The molecule has 0 spiro atoms. The molecule has 2 nitrogen and oxygen atoms in total. The Kier molecular flexibility index (Phi) is 3.23. The summed E-state index contributed by atoms with van der Waals surface area (Å²) in [5.41, 5.74) is 0.834. The van der Waals surface area contributed by atoms with Gasteiger partial charge < -0.3 is 4.74 Å². The van der Waals surface area contributed by atoms with E-state index >= 15 is 0 Å². The fraction of sp³-hybridized carbons (Fsp3) is 0.364. The Morgan fingerprint density at radius 3 is 2.64 bits per heavy atom. The van der Waals surface area contributed by atoms with E-state index in [1.165, 1.54) is 12.1 Å². The van der Waals surface area contributed by atoms with Crippen LogP contribution < -0.4 is 0 Å². The molecular formula is C11H13FO2. The molecule has 1 aromatic rings. The Bertz CT molecular complexity index is 345. The lowest BCUT2D eigenvalue weighted by Gasteiger charge is -2.08. The van der Waals surface area contributed by atoms with Gasteiger partial charge >= 0.3 is 5.97 Å². The van der Waals surface area contributed by atoms with Crippen LogP contribution in [0.4, 0.5) is 4.39 Å². The minimum absolute atomic E-state index is 0.00120. The van der Waals surface area contributed by atoms with Gasteiger partial charge in [0.25, 0.3) is 0 Å². The highest BCUT2D eigenvalue weighted by Crippen LogP contribution is 2.12. The van der Waals surface area contributed by atoms with Gasteiger partial charge in [-0.1, -0.05) is 11.6 Å². The van der Waals surface area contributed by atoms with Crippen LogP contribution in [-0.4, -0.2) is 12.1 Å². The van der Waals surface area contributed by atoms with Crippen molar-refractivity contribution in [2.24, 2.45) is 0 Å². The number of aryl methyl sites for hydroxylation is 1. The fourth-order valence-electron chi connectivity index (χ4n) is 1.07. The molecule has 0 unspecified atom stereocenters. The average Bonchev–Trinajstić information content (AvgIpc) is 2.08. The molecule has 0 bridgehead atoms. The van der Waals surface area contributed by atoms with Crippen molar-refractivity contribution < 1.29 is 13.9 Å². The standard InChI is InChI=1S/C11H13FO2/c1-7(2)14-11(13)9-6-8(3)4-5-10(9)12/h4-7H,1-3H3. The highest BCUT2D eigenvalue weighted by Gasteiger charge is 2.14. The first-order valence-corrected chi connectivity index (χ1v) is 4.48. The minimum atomic E-state index is -0.610. The zero-order chi connectivity index (χ0) is 10.7. The van der Waals surface area contributed by atoms with E-state index in [4.69, 9.17) is 4.74 Å². The van der Waals surface area contributed by atoms with Crippen LogP contribution in [0.15, 0.2) is 18.2 Å². The predicted octanol–water partition coefficient (Wildman–Crippen LogP) is 2.70. The molecule has 0 N–H and O–H groups in total. The number of esters is 1. The quantitative estimate of drug-likeness (QED) is 0.680. The molecule has 0 fully saturated rings. The number of benzene rings is 1. The zero-order valence-corrected chi connectivity index (χ0v) is 8.50. The van der Waals surface area contributed by atoms with E-state index in [0.29, 0.717) is 0 Å². The number of ether oxygens (including phenoxy) is 1. The summed E-state index contributed by atoms with van der Waals surface area (Å²) in [6.45, 7) is 5.25. The van der Waals surface area contributed by atoms with E-state index in [1.54, 1.807) is 26.8 Å². The first-order chi connectivity index (χ1) is 6.50. The lowest BCUT2D eigenvalue weighted by Crippen LogP contribution is -2.13. The molecule has 0 aliphatic carbocycles. The monoisotopic (exact) mass is 196 g/mol. The number of hydrogen-bond donors (Lipinski definition) is 0. The van der Waals surface area contributed by atoms with Crippen LogP contribution in [0.25, 0.3) is 0 Å². The molecule has 0 radical (unpaired) electrons. The van der Waals surface area contributed by atoms with Gasteiger partial charge in [0.15, 0.2) is 0 Å². The second kappa shape index (κ2) is 4.22. The third kappa shape index (κ3) is 2.55. The summed E-state index contributed by atoms with van der Waals surface area (Å²) in [5, 5.41) is 0. The maximum atomic E-state index is 13.2. The van der Waals surface area contributed by atoms with Gasteiger partial charge in [-0.15, -0.1) is 0 Å². The molecule has 0 heterocycles. The fourth-order valence-corrected chi connectivity index (χ4v) is 1.07. The van der Waals surface area contributed by atoms with Crippen molar-refractivity contribution in [1.29, 1.82) is 0 Å². The van der Waals surface area contributed by atoms with Crippen molar-refractivity contribution in [1.82, 2.24) is 0 Å². The highest BCUT2D eigenvalue weighted by atomic mass is 19.1. The molecule has 14 heavy (non-hydrogen) atoms. The number of halogens is 1. The third-order valence-electron chi connectivity index (χ3n) is 1.68. The lowest BCUT2D eigenvalue weighted by atomic mass is 10.1. The Hall–Kier alpha value is -1.38. The number of carbonyl (C=O) groups excluding carboxylic acids is 1. The topological polar surface area (TPSA) is 26.3 Å². The van der Waals surface area contributed by atoms with Gasteiger partial charge in [-0.2, -0.15) is 0 Å². The molecule has 0 saturated carbocycles. The van der Waals surface area contributed by atoms with E-state index in [9.17, 15) is 9.18 Å².